The molecule has 0 unspecified atom stereocenters. The highest BCUT2D eigenvalue weighted by Crippen LogP contribution is 2.10. The van der Waals surface area contributed by atoms with Crippen molar-refractivity contribution >= 4 is 0 Å². The maximum Gasteiger partial charge on any atom is 0.162 e. The Morgan fingerprint density at radius 1 is 1.18 bits per heavy atom. The van der Waals surface area contributed by atoms with Crippen molar-refractivity contribution in [1.82, 2.24) is 5.23 Å². The average molecular weight is 163 g/mol. The van der Waals surface area contributed by atoms with E-state index in [1.54, 1.807) is 13.8 Å². The molecule has 0 rings (SSSR count). The molecule has 0 aromatic rings. The molecule has 0 atom stereocenters. The van der Waals surface area contributed by atoms with Gasteiger partial charge >= 0.3 is 0 Å². The van der Waals surface area contributed by atoms with Crippen LogP contribution in [0.4, 0.5) is 0 Å². The van der Waals surface area contributed by atoms with Crippen molar-refractivity contribution in [3.63, 3.8) is 0 Å². The summed E-state index contributed by atoms with van der Waals surface area (Å²) in [6.07, 6.45) is 0. The van der Waals surface area contributed by atoms with Crippen LogP contribution in [0.2, 0.25) is 0 Å². The second-order valence-corrected chi connectivity index (χ2v) is 2.59. The first kappa shape index (κ1) is 10.8. The van der Waals surface area contributed by atoms with Gasteiger partial charge in [0, 0.05) is 0 Å². The van der Waals surface area contributed by atoms with Gasteiger partial charge in [-0.15, -0.1) is 0 Å². The van der Waals surface area contributed by atoms with Crippen LogP contribution in [0.15, 0.2) is 0 Å². The molecule has 0 aromatic heterocycles. The Hall–Kier alpha value is -0.160. The second-order valence-electron chi connectivity index (χ2n) is 2.59. The molecule has 1 N–H and O–H groups in total. The van der Waals surface area contributed by atoms with Gasteiger partial charge in [0.05, 0.1) is 13.2 Å². The van der Waals surface area contributed by atoms with Crippen molar-refractivity contribution in [3.05, 3.63) is 0 Å². The highest BCUT2D eigenvalue weighted by molar-refractivity contribution is 4.52. The molecule has 4 nitrogen and oxygen atoms in total. The maximum atomic E-state index is 9.42. The minimum Gasteiger partial charge on any atom is -0.372 e. The van der Waals surface area contributed by atoms with Crippen molar-refractivity contribution in [3.8, 4) is 0 Å². The van der Waals surface area contributed by atoms with Gasteiger partial charge in [0.15, 0.2) is 5.72 Å². The van der Waals surface area contributed by atoms with E-state index in [0.717, 1.165) is 5.23 Å². The van der Waals surface area contributed by atoms with Gasteiger partial charge < -0.3 is 5.11 Å². The van der Waals surface area contributed by atoms with Crippen LogP contribution in [0.1, 0.15) is 27.7 Å². The Labute approximate surface area is 67.6 Å². The minimum atomic E-state index is -1.09. The predicted molar refractivity (Wildman–Crippen MR) is 41.4 cm³/mol. The zero-order valence-electron chi connectivity index (χ0n) is 7.63. The fraction of sp³-hybridized carbons (Fsp3) is 1.00. The molecule has 0 aliphatic carbocycles. The van der Waals surface area contributed by atoms with Gasteiger partial charge in [-0.25, -0.2) is 0 Å². The number of aliphatic hydroxyl groups is 1. The molecule has 0 saturated heterocycles. The summed E-state index contributed by atoms with van der Waals surface area (Å²) < 4.78 is 0. The molecule has 0 fully saturated rings. The lowest BCUT2D eigenvalue weighted by Crippen LogP contribution is -2.43. The number of nitrogens with zero attached hydrogens (tertiary/aromatic N) is 1. The fourth-order valence-corrected chi connectivity index (χ4v) is 0.588. The molecule has 0 amide bonds. The predicted octanol–water partition coefficient (Wildman–Crippen LogP) is 0.920. The SMILES string of the molecule is CCON(OCC)C(C)(C)O. The van der Waals surface area contributed by atoms with Gasteiger partial charge in [0.25, 0.3) is 0 Å². The monoisotopic (exact) mass is 163 g/mol. The third-order valence-electron chi connectivity index (χ3n) is 0.940. The first-order chi connectivity index (χ1) is 5.02. The van der Waals surface area contributed by atoms with Crippen LogP contribution in [0.5, 0.6) is 0 Å². The Kier molecular flexibility index (Phi) is 4.60. The largest absolute Gasteiger partial charge is 0.372 e. The number of rotatable bonds is 5. The van der Waals surface area contributed by atoms with Crippen molar-refractivity contribution in [2.45, 2.75) is 33.4 Å². The fourth-order valence-electron chi connectivity index (χ4n) is 0.588. The summed E-state index contributed by atoms with van der Waals surface area (Å²) in [6.45, 7) is 7.81. The van der Waals surface area contributed by atoms with Crippen molar-refractivity contribution in [2.24, 2.45) is 0 Å². The van der Waals surface area contributed by atoms with Crippen LogP contribution in [-0.4, -0.2) is 29.3 Å². The van der Waals surface area contributed by atoms with Crippen LogP contribution in [-0.2, 0) is 9.68 Å². The second kappa shape index (κ2) is 4.66. The third kappa shape index (κ3) is 4.31. The number of hydroxylamine groups is 2. The zero-order valence-corrected chi connectivity index (χ0v) is 7.63. The van der Waals surface area contributed by atoms with Gasteiger partial charge in [-0.3, -0.25) is 9.68 Å². The van der Waals surface area contributed by atoms with E-state index in [4.69, 9.17) is 9.68 Å². The lowest BCUT2D eigenvalue weighted by molar-refractivity contribution is -0.443. The summed E-state index contributed by atoms with van der Waals surface area (Å²) in [4.78, 5) is 10.0. The summed E-state index contributed by atoms with van der Waals surface area (Å²) in [5.74, 6) is 0. The van der Waals surface area contributed by atoms with Gasteiger partial charge in [0.2, 0.25) is 0 Å². The van der Waals surface area contributed by atoms with E-state index in [9.17, 15) is 5.11 Å². The van der Waals surface area contributed by atoms with E-state index in [1.807, 2.05) is 13.8 Å². The number of hydrogen-bond acceptors (Lipinski definition) is 4. The topological polar surface area (TPSA) is 41.9 Å². The lowest BCUT2D eigenvalue weighted by Gasteiger charge is -2.30. The molecule has 0 heterocycles. The quantitative estimate of drug-likeness (QED) is 0.483. The molecule has 11 heavy (non-hydrogen) atoms. The molecular formula is C7H17NO3. The molecule has 0 aliphatic heterocycles. The Balaban J connectivity index is 3.88. The van der Waals surface area contributed by atoms with Crippen LogP contribution < -0.4 is 0 Å². The molecule has 4 heteroatoms. The van der Waals surface area contributed by atoms with Gasteiger partial charge in [-0.05, 0) is 32.9 Å². The molecule has 0 bridgehead atoms. The van der Waals surface area contributed by atoms with Gasteiger partial charge in [-0.1, -0.05) is 0 Å². The molecular weight excluding hydrogens is 146 g/mol. The Bertz CT molecular complexity index is 94.3. The van der Waals surface area contributed by atoms with E-state index in [2.05, 4.69) is 0 Å². The van der Waals surface area contributed by atoms with Gasteiger partial charge in [0.1, 0.15) is 0 Å². The first-order valence-electron chi connectivity index (χ1n) is 3.80. The third-order valence-corrected chi connectivity index (χ3v) is 0.940. The van der Waals surface area contributed by atoms with Gasteiger partial charge in [-0.2, -0.15) is 0 Å². The normalized spacial score (nSPS) is 12.5. The van der Waals surface area contributed by atoms with E-state index >= 15 is 0 Å². The Morgan fingerprint density at radius 2 is 1.55 bits per heavy atom. The molecule has 0 aliphatic rings. The van der Waals surface area contributed by atoms with Crippen molar-refractivity contribution in [1.29, 1.82) is 0 Å². The van der Waals surface area contributed by atoms with Crippen LogP contribution in [0.3, 0.4) is 0 Å². The zero-order chi connectivity index (χ0) is 8.91. The number of hydrogen-bond donors (Lipinski definition) is 1. The van der Waals surface area contributed by atoms with Crippen LogP contribution in [0, 0.1) is 0 Å². The smallest absolute Gasteiger partial charge is 0.162 e. The maximum absolute atomic E-state index is 9.42. The summed E-state index contributed by atoms with van der Waals surface area (Å²) in [5.41, 5.74) is -1.09. The summed E-state index contributed by atoms with van der Waals surface area (Å²) in [6, 6.07) is 0. The standard InChI is InChI=1S/C7H17NO3/c1-5-10-8(11-6-2)7(3,4)9/h9H,5-6H2,1-4H3. The summed E-state index contributed by atoms with van der Waals surface area (Å²) >= 11 is 0. The molecule has 0 spiro atoms. The van der Waals surface area contributed by atoms with E-state index in [1.165, 1.54) is 0 Å². The van der Waals surface area contributed by atoms with E-state index < -0.39 is 5.72 Å². The Morgan fingerprint density at radius 3 is 1.73 bits per heavy atom. The highest BCUT2D eigenvalue weighted by Gasteiger charge is 2.24. The van der Waals surface area contributed by atoms with Crippen LogP contribution in [0.25, 0.3) is 0 Å². The molecule has 0 radical (unpaired) electrons. The van der Waals surface area contributed by atoms with Crippen LogP contribution >= 0.6 is 0 Å². The summed E-state index contributed by atoms with van der Waals surface area (Å²) in [7, 11) is 0. The first-order valence-corrected chi connectivity index (χ1v) is 3.80. The molecule has 0 saturated carbocycles. The van der Waals surface area contributed by atoms with E-state index in [0.29, 0.717) is 13.2 Å². The highest BCUT2D eigenvalue weighted by atomic mass is 17.0. The van der Waals surface area contributed by atoms with Crippen molar-refractivity contribution in [2.75, 3.05) is 13.2 Å². The average Bonchev–Trinajstić information content (AvgIpc) is 1.85. The summed E-state index contributed by atoms with van der Waals surface area (Å²) in [5, 5.41) is 10.5. The lowest BCUT2D eigenvalue weighted by atomic mass is 10.3. The van der Waals surface area contributed by atoms with E-state index in [-0.39, 0.29) is 0 Å². The van der Waals surface area contributed by atoms with Crippen molar-refractivity contribution < 1.29 is 14.8 Å². The molecule has 0 aromatic carbocycles. The minimum absolute atomic E-state index is 0.476. The molecule has 68 valence electrons.